The SMILES string of the molecule is O=C1CC(N(C2CCCCCC2)S(=O)(=O)c2cccs2)C(=O)N1c1ccc(I)cc1. The summed E-state index contributed by atoms with van der Waals surface area (Å²) < 4.78 is 29.8. The molecule has 2 amide bonds. The molecule has 1 unspecified atom stereocenters. The monoisotopic (exact) mass is 558 g/mol. The van der Waals surface area contributed by atoms with Crippen molar-refractivity contribution in [3.63, 3.8) is 0 Å². The van der Waals surface area contributed by atoms with Gasteiger partial charge in [-0.15, -0.1) is 11.3 Å². The summed E-state index contributed by atoms with van der Waals surface area (Å²) in [5.41, 5.74) is 0.488. The van der Waals surface area contributed by atoms with Crippen LogP contribution >= 0.6 is 33.9 Å². The largest absolute Gasteiger partial charge is 0.274 e. The van der Waals surface area contributed by atoms with Crippen LogP contribution < -0.4 is 4.90 Å². The average Bonchev–Trinajstić information content (AvgIpc) is 3.26. The van der Waals surface area contributed by atoms with Crippen molar-refractivity contribution >= 4 is 61.5 Å². The second-order valence-corrected chi connectivity index (χ2v) is 11.9. The third-order valence-electron chi connectivity index (χ3n) is 5.73. The summed E-state index contributed by atoms with van der Waals surface area (Å²) >= 11 is 3.31. The summed E-state index contributed by atoms with van der Waals surface area (Å²) in [6.45, 7) is 0. The fourth-order valence-electron chi connectivity index (χ4n) is 4.32. The molecule has 2 heterocycles. The fourth-order valence-corrected chi connectivity index (χ4v) is 7.60. The van der Waals surface area contributed by atoms with Crippen LogP contribution in [0.2, 0.25) is 0 Å². The summed E-state index contributed by atoms with van der Waals surface area (Å²) in [6.07, 6.45) is 5.29. The minimum Gasteiger partial charge on any atom is -0.274 e. The van der Waals surface area contributed by atoms with E-state index in [1.54, 1.807) is 29.6 Å². The highest BCUT2D eigenvalue weighted by atomic mass is 127. The third-order valence-corrected chi connectivity index (χ3v) is 9.78. The van der Waals surface area contributed by atoms with Crippen LogP contribution in [-0.2, 0) is 19.6 Å². The topological polar surface area (TPSA) is 74.8 Å². The normalized spacial score (nSPS) is 21.4. The van der Waals surface area contributed by atoms with Crippen LogP contribution in [-0.4, -0.2) is 36.6 Å². The summed E-state index contributed by atoms with van der Waals surface area (Å²) in [5.74, 6) is -0.809. The van der Waals surface area contributed by atoms with Crippen molar-refractivity contribution in [2.75, 3.05) is 4.90 Å². The van der Waals surface area contributed by atoms with Crippen molar-refractivity contribution in [1.29, 1.82) is 0 Å². The molecular weight excluding hydrogens is 535 g/mol. The van der Waals surface area contributed by atoms with Crippen LogP contribution in [0.15, 0.2) is 46.0 Å². The van der Waals surface area contributed by atoms with Crippen LogP contribution in [0.4, 0.5) is 5.69 Å². The van der Waals surface area contributed by atoms with Crippen LogP contribution in [0.3, 0.4) is 0 Å². The Balaban J connectivity index is 1.72. The molecule has 1 atom stereocenters. The lowest BCUT2D eigenvalue weighted by molar-refractivity contribution is -0.122. The first-order chi connectivity index (χ1) is 14.4. The highest BCUT2D eigenvalue weighted by molar-refractivity contribution is 14.1. The van der Waals surface area contributed by atoms with Gasteiger partial charge in [0.1, 0.15) is 10.3 Å². The summed E-state index contributed by atoms with van der Waals surface area (Å²) in [7, 11) is -3.87. The Morgan fingerprint density at radius 2 is 1.67 bits per heavy atom. The lowest BCUT2D eigenvalue weighted by Gasteiger charge is -2.33. The first-order valence-electron chi connectivity index (χ1n) is 10.1. The fraction of sp³-hybridized carbons (Fsp3) is 0.429. The molecule has 30 heavy (non-hydrogen) atoms. The molecule has 1 aliphatic carbocycles. The first kappa shape index (κ1) is 21.9. The smallest absolute Gasteiger partial charge is 0.253 e. The van der Waals surface area contributed by atoms with Gasteiger partial charge in [0.2, 0.25) is 5.91 Å². The van der Waals surface area contributed by atoms with Gasteiger partial charge in [-0.2, -0.15) is 4.31 Å². The van der Waals surface area contributed by atoms with E-state index >= 15 is 0 Å². The molecule has 1 saturated heterocycles. The van der Waals surface area contributed by atoms with E-state index in [9.17, 15) is 18.0 Å². The molecule has 1 aliphatic heterocycles. The van der Waals surface area contributed by atoms with Crippen molar-refractivity contribution < 1.29 is 18.0 Å². The molecule has 6 nitrogen and oxygen atoms in total. The van der Waals surface area contributed by atoms with Crippen LogP contribution in [0.25, 0.3) is 0 Å². The number of hydrogen-bond acceptors (Lipinski definition) is 5. The number of rotatable bonds is 5. The molecule has 0 bridgehead atoms. The molecule has 2 fully saturated rings. The minimum atomic E-state index is -3.87. The van der Waals surface area contributed by atoms with Crippen molar-refractivity contribution in [1.82, 2.24) is 4.31 Å². The van der Waals surface area contributed by atoms with E-state index < -0.39 is 22.0 Å². The number of hydrogen-bond donors (Lipinski definition) is 0. The summed E-state index contributed by atoms with van der Waals surface area (Å²) in [6, 6.07) is 9.12. The van der Waals surface area contributed by atoms with Crippen LogP contribution in [0, 0.1) is 3.57 Å². The molecular formula is C21H23IN2O4S2. The molecule has 2 aliphatic rings. The molecule has 0 radical (unpaired) electrons. The molecule has 160 valence electrons. The zero-order chi connectivity index (χ0) is 21.3. The van der Waals surface area contributed by atoms with Gasteiger partial charge in [-0.3, -0.25) is 9.59 Å². The van der Waals surface area contributed by atoms with E-state index in [1.807, 2.05) is 12.1 Å². The Morgan fingerprint density at radius 3 is 2.27 bits per heavy atom. The van der Waals surface area contributed by atoms with Gasteiger partial charge >= 0.3 is 0 Å². The summed E-state index contributed by atoms with van der Waals surface area (Å²) in [4.78, 5) is 27.4. The first-order valence-corrected chi connectivity index (χ1v) is 13.5. The molecule has 0 spiro atoms. The quantitative estimate of drug-likeness (QED) is 0.310. The van der Waals surface area contributed by atoms with Gasteiger partial charge in [-0.05, 0) is 71.1 Å². The Labute approximate surface area is 194 Å². The van der Waals surface area contributed by atoms with Crippen molar-refractivity contribution in [2.45, 2.75) is 61.2 Å². The van der Waals surface area contributed by atoms with E-state index in [2.05, 4.69) is 22.6 Å². The van der Waals surface area contributed by atoms with Crippen LogP contribution in [0.1, 0.15) is 44.9 Å². The van der Waals surface area contributed by atoms with Gasteiger partial charge in [-0.25, -0.2) is 13.3 Å². The standard InChI is InChI=1S/C21H23IN2O4S2/c22-15-9-11-16(12-10-15)23-19(25)14-18(21(23)26)24(17-6-3-1-2-4-7-17)30(27,28)20-8-5-13-29-20/h5,8-13,17-18H,1-4,6-7,14H2. The Morgan fingerprint density at radius 1 is 1.00 bits per heavy atom. The van der Waals surface area contributed by atoms with Gasteiger partial charge in [0.15, 0.2) is 0 Å². The molecule has 1 saturated carbocycles. The van der Waals surface area contributed by atoms with Gasteiger partial charge in [0, 0.05) is 9.61 Å². The van der Waals surface area contributed by atoms with E-state index in [1.165, 1.54) is 4.31 Å². The minimum absolute atomic E-state index is 0.119. The maximum atomic E-state index is 13.6. The number of sulfonamides is 1. The molecule has 1 aromatic heterocycles. The maximum absolute atomic E-state index is 13.6. The highest BCUT2D eigenvalue weighted by Crippen LogP contribution is 2.35. The molecule has 4 rings (SSSR count). The maximum Gasteiger partial charge on any atom is 0.253 e. The molecule has 0 N–H and O–H groups in total. The van der Waals surface area contributed by atoms with Crippen LogP contribution in [0.5, 0.6) is 0 Å². The van der Waals surface area contributed by atoms with Gasteiger partial charge < -0.3 is 0 Å². The van der Waals surface area contributed by atoms with E-state index in [-0.39, 0.29) is 22.6 Å². The predicted octanol–water partition coefficient (Wildman–Crippen LogP) is 4.40. The molecule has 1 aromatic carbocycles. The molecule has 2 aromatic rings. The van der Waals surface area contributed by atoms with Gasteiger partial charge in [0.05, 0.1) is 12.1 Å². The number of carbonyl (C=O) groups excluding carboxylic acids is 2. The highest BCUT2D eigenvalue weighted by Gasteiger charge is 2.49. The third kappa shape index (κ3) is 4.21. The Kier molecular flexibility index (Phi) is 6.61. The Hall–Kier alpha value is -1.30. The number of carbonyl (C=O) groups is 2. The van der Waals surface area contributed by atoms with E-state index in [0.717, 1.165) is 45.5 Å². The predicted molar refractivity (Wildman–Crippen MR) is 125 cm³/mol. The summed E-state index contributed by atoms with van der Waals surface area (Å²) in [5, 5.41) is 1.72. The Bertz CT molecular complexity index is 1010. The number of anilines is 1. The zero-order valence-electron chi connectivity index (χ0n) is 16.4. The molecule has 9 heteroatoms. The van der Waals surface area contributed by atoms with E-state index in [0.29, 0.717) is 18.5 Å². The lowest BCUT2D eigenvalue weighted by atomic mass is 10.1. The van der Waals surface area contributed by atoms with Crippen molar-refractivity contribution in [2.24, 2.45) is 0 Å². The number of amides is 2. The number of thiophene rings is 1. The zero-order valence-corrected chi connectivity index (χ0v) is 20.2. The van der Waals surface area contributed by atoms with Crippen molar-refractivity contribution in [3.05, 3.63) is 45.3 Å². The number of imide groups is 1. The average molecular weight is 558 g/mol. The van der Waals surface area contributed by atoms with Gasteiger partial charge in [0.25, 0.3) is 15.9 Å². The second-order valence-electron chi connectivity index (χ2n) is 7.68. The number of nitrogens with zero attached hydrogens (tertiary/aromatic N) is 2. The lowest BCUT2D eigenvalue weighted by Crippen LogP contribution is -2.50. The van der Waals surface area contributed by atoms with Crippen molar-refractivity contribution in [3.8, 4) is 0 Å². The second kappa shape index (κ2) is 9.05. The van der Waals surface area contributed by atoms with E-state index in [4.69, 9.17) is 0 Å². The van der Waals surface area contributed by atoms with Gasteiger partial charge in [-0.1, -0.05) is 31.7 Å². The number of halogens is 1. The number of benzene rings is 1.